The molecule has 1 aromatic carbocycles. The number of thiophene rings is 1. The van der Waals surface area contributed by atoms with Crippen LogP contribution < -0.4 is 10.0 Å². The van der Waals surface area contributed by atoms with E-state index in [2.05, 4.69) is 36.0 Å². The minimum absolute atomic E-state index is 0.0805. The third-order valence-electron chi connectivity index (χ3n) is 3.66. The first kappa shape index (κ1) is 19.6. The first-order valence-corrected chi connectivity index (χ1v) is 10.5. The highest BCUT2D eigenvalue weighted by molar-refractivity contribution is 7.91. The average Bonchev–Trinajstić information content (AvgIpc) is 3.04. The van der Waals surface area contributed by atoms with Crippen molar-refractivity contribution in [3.8, 4) is 0 Å². The molecule has 1 heterocycles. The minimum atomic E-state index is -3.42. The van der Waals surface area contributed by atoms with Crippen LogP contribution in [0.2, 0.25) is 0 Å². The second-order valence-corrected chi connectivity index (χ2v) is 9.58. The van der Waals surface area contributed by atoms with Crippen molar-refractivity contribution in [3.63, 3.8) is 0 Å². The van der Waals surface area contributed by atoms with Gasteiger partial charge in [-0.2, -0.15) is 0 Å². The maximum atomic E-state index is 12.1. The van der Waals surface area contributed by atoms with Crippen molar-refractivity contribution in [3.05, 3.63) is 52.4 Å². The van der Waals surface area contributed by atoms with Gasteiger partial charge in [0.2, 0.25) is 15.9 Å². The molecule has 0 atom stereocenters. The van der Waals surface area contributed by atoms with Crippen molar-refractivity contribution in [1.82, 2.24) is 10.0 Å². The van der Waals surface area contributed by atoms with Gasteiger partial charge in [0.25, 0.3) is 0 Å². The van der Waals surface area contributed by atoms with Crippen LogP contribution in [-0.2, 0) is 34.2 Å². The standard InChI is InChI=1S/C18H24N2O3S2/c1-13(2)10-14-4-6-15(7-5-14)11-17(21)20-12-16-8-9-18(24-16)25(22,23)19-3/h4-9,13,19H,10-12H2,1-3H3,(H,20,21). The van der Waals surface area contributed by atoms with E-state index in [-0.39, 0.29) is 10.1 Å². The van der Waals surface area contributed by atoms with Gasteiger partial charge in [-0.05, 0) is 42.6 Å². The van der Waals surface area contributed by atoms with Crippen LogP contribution in [0.15, 0.2) is 40.6 Å². The normalized spacial score (nSPS) is 11.7. The van der Waals surface area contributed by atoms with Crippen molar-refractivity contribution in [2.75, 3.05) is 7.05 Å². The Labute approximate surface area is 153 Å². The molecule has 2 N–H and O–H groups in total. The first-order valence-electron chi connectivity index (χ1n) is 8.17. The van der Waals surface area contributed by atoms with Gasteiger partial charge in [0.15, 0.2) is 0 Å². The molecule has 1 amide bonds. The molecule has 25 heavy (non-hydrogen) atoms. The molecule has 7 heteroatoms. The molecule has 136 valence electrons. The number of rotatable bonds is 8. The summed E-state index contributed by atoms with van der Waals surface area (Å²) in [5.74, 6) is 0.527. The number of sulfonamides is 1. The molecule has 0 aliphatic carbocycles. The second-order valence-electron chi connectivity index (χ2n) is 6.30. The minimum Gasteiger partial charge on any atom is -0.351 e. The summed E-state index contributed by atoms with van der Waals surface area (Å²) in [6.07, 6.45) is 1.34. The maximum Gasteiger partial charge on any atom is 0.249 e. The lowest BCUT2D eigenvalue weighted by Gasteiger charge is -2.07. The second kappa shape index (κ2) is 8.60. The number of hydrogen-bond acceptors (Lipinski definition) is 4. The number of amides is 1. The number of hydrogen-bond donors (Lipinski definition) is 2. The van der Waals surface area contributed by atoms with E-state index in [0.29, 0.717) is 18.9 Å². The number of benzene rings is 1. The molecule has 0 radical (unpaired) electrons. The molecule has 0 saturated heterocycles. The van der Waals surface area contributed by atoms with E-state index in [0.717, 1.165) is 28.2 Å². The Balaban J connectivity index is 1.86. The predicted octanol–water partition coefficient (Wildman–Crippen LogP) is 2.71. The zero-order valence-corrected chi connectivity index (χ0v) is 16.3. The van der Waals surface area contributed by atoms with E-state index in [1.165, 1.54) is 12.6 Å². The van der Waals surface area contributed by atoms with Crippen LogP contribution in [-0.4, -0.2) is 21.4 Å². The Morgan fingerprint density at radius 3 is 2.32 bits per heavy atom. The van der Waals surface area contributed by atoms with E-state index in [1.807, 2.05) is 12.1 Å². The summed E-state index contributed by atoms with van der Waals surface area (Å²) in [6, 6.07) is 11.4. The first-order chi connectivity index (χ1) is 11.8. The van der Waals surface area contributed by atoms with E-state index >= 15 is 0 Å². The van der Waals surface area contributed by atoms with E-state index in [4.69, 9.17) is 0 Å². The van der Waals surface area contributed by atoms with Gasteiger partial charge in [-0.3, -0.25) is 4.79 Å². The highest BCUT2D eigenvalue weighted by atomic mass is 32.2. The lowest BCUT2D eigenvalue weighted by molar-refractivity contribution is -0.120. The van der Waals surface area contributed by atoms with Gasteiger partial charge in [-0.25, -0.2) is 13.1 Å². The maximum absolute atomic E-state index is 12.1. The Bertz CT molecular complexity index is 809. The lowest BCUT2D eigenvalue weighted by atomic mass is 10.0. The summed E-state index contributed by atoms with van der Waals surface area (Å²) < 4.78 is 25.9. The van der Waals surface area contributed by atoms with Gasteiger partial charge in [-0.15, -0.1) is 11.3 Å². The largest absolute Gasteiger partial charge is 0.351 e. The number of nitrogens with one attached hydrogen (secondary N) is 2. The van der Waals surface area contributed by atoms with Gasteiger partial charge in [-0.1, -0.05) is 38.1 Å². The smallest absolute Gasteiger partial charge is 0.249 e. The molecule has 0 spiro atoms. The third kappa shape index (κ3) is 5.95. The Hall–Kier alpha value is -1.70. The molecular weight excluding hydrogens is 356 g/mol. The molecule has 0 bridgehead atoms. The van der Waals surface area contributed by atoms with Crippen LogP contribution in [0.1, 0.15) is 29.9 Å². The van der Waals surface area contributed by atoms with Crippen LogP contribution in [0.3, 0.4) is 0 Å². The summed E-state index contributed by atoms with van der Waals surface area (Å²) in [6.45, 7) is 4.69. The Kier molecular flexibility index (Phi) is 6.75. The van der Waals surface area contributed by atoms with E-state index in [1.54, 1.807) is 12.1 Å². The lowest BCUT2D eigenvalue weighted by Crippen LogP contribution is -2.24. The topological polar surface area (TPSA) is 75.3 Å². The van der Waals surface area contributed by atoms with Crippen molar-refractivity contribution < 1.29 is 13.2 Å². The molecule has 1 aromatic heterocycles. The summed E-state index contributed by atoms with van der Waals surface area (Å²) >= 11 is 1.16. The highest BCUT2D eigenvalue weighted by Crippen LogP contribution is 2.21. The molecule has 0 fully saturated rings. The van der Waals surface area contributed by atoms with Crippen LogP contribution >= 0.6 is 11.3 Å². The SMILES string of the molecule is CNS(=O)(=O)c1ccc(CNC(=O)Cc2ccc(CC(C)C)cc2)s1. The number of carbonyl (C=O) groups excluding carboxylic acids is 1. The van der Waals surface area contributed by atoms with Crippen molar-refractivity contribution in [2.24, 2.45) is 5.92 Å². The average molecular weight is 381 g/mol. The van der Waals surface area contributed by atoms with Gasteiger partial charge in [0.05, 0.1) is 13.0 Å². The van der Waals surface area contributed by atoms with Crippen molar-refractivity contribution in [2.45, 2.75) is 37.4 Å². The molecule has 2 rings (SSSR count). The molecule has 0 unspecified atom stereocenters. The molecule has 0 aliphatic heterocycles. The predicted molar refractivity (Wildman–Crippen MR) is 101 cm³/mol. The van der Waals surface area contributed by atoms with Gasteiger partial charge in [0.1, 0.15) is 4.21 Å². The van der Waals surface area contributed by atoms with Gasteiger partial charge >= 0.3 is 0 Å². The molecular formula is C18H24N2O3S2. The quantitative estimate of drug-likeness (QED) is 0.739. The van der Waals surface area contributed by atoms with Gasteiger partial charge < -0.3 is 5.32 Å². The van der Waals surface area contributed by atoms with E-state index < -0.39 is 10.0 Å². The fourth-order valence-corrected chi connectivity index (χ4v) is 4.53. The summed E-state index contributed by atoms with van der Waals surface area (Å²) in [7, 11) is -2.04. The Morgan fingerprint density at radius 2 is 1.72 bits per heavy atom. The fraction of sp³-hybridized carbons (Fsp3) is 0.389. The number of carbonyl (C=O) groups is 1. The fourth-order valence-electron chi connectivity index (χ4n) is 2.40. The molecule has 5 nitrogen and oxygen atoms in total. The monoisotopic (exact) mass is 380 g/mol. The van der Waals surface area contributed by atoms with Crippen LogP contribution in [0.25, 0.3) is 0 Å². The zero-order valence-electron chi connectivity index (χ0n) is 14.7. The van der Waals surface area contributed by atoms with Crippen molar-refractivity contribution >= 4 is 27.3 Å². The zero-order chi connectivity index (χ0) is 18.4. The van der Waals surface area contributed by atoms with E-state index in [9.17, 15) is 13.2 Å². The third-order valence-corrected chi connectivity index (χ3v) is 6.65. The van der Waals surface area contributed by atoms with Crippen molar-refractivity contribution in [1.29, 1.82) is 0 Å². The van der Waals surface area contributed by atoms with Crippen LogP contribution in [0.4, 0.5) is 0 Å². The van der Waals surface area contributed by atoms with Gasteiger partial charge in [0, 0.05) is 4.88 Å². The molecule has 0 saturated carbocycles. The summed E-state index contributed by atoms with van der Waals surface area (Å²) in [5, 5.41) is 2.83. The molecule has 2 aromatic rings. The van der Waals surface area contributed by atoms with Crippen LogP contribution in [0, 0.1) is 5.92 Å². The summed E-state index contributed by atoms with van der Waals surface area (Å²) in [4.78, 5) is 12.9. The highest BCUT2D eigenvalue weighted by Gasteiger charge is 2.14. The van der Waals surface area contributed by atoms with Crippen LogP contribution in [0.5, 0.6) is 0 Å². The molecule has 0 aliphatic rings. The summed E-state index contributed by atoms with van der Waals surface area (Å²) in [5.41, 5.74) is 2.24. The Morgan fingerprint density at radius 1 is 1.08 bits per heavy atom.